The summed E-state index contributed by atoms with van der Waals surface area (Å²) in [6, 6.07) is 6.83. The molecular weight excluding hydrogens is 232 g/mol. The molecule has 4 nitrogen and oxygen atoms in total. The molecular formula is C14H12O4. The van der Waals surface area contributed by atoms with Crippen molar-refractivity contribution in [1.29, 1.82) is 0 Å². The molecule has 0 aliphatic carbocycles. The van der Waals surface area contributed by atoms with E-state index in [9.17, 15) is 4.79 Å². The number of benzene rings is 1. The summed E-state index contributed by atoms with van der Waals surface area (Å²) >= 11 is 0. The third-order valence-corrected chi connectivity index (χ3v) is 3.17. The van der Waals surface area contributed by atoms with E-state index in [4.69, 9.17) is 14.3 Å². The fourth-order valence-electron chi connectivity index (χ4n) is 2.19. The molecule has 0 amide bonds. The molecule has 1 aliphatic heterocycles. The van der Waals surface area contributed by atoms with Crippen molar-refractivity contribution >= 4 is 11.0 Å². The van der Waals surface area contributed by atoms with Gasteiger partial charge in [0.2, 0.25) is 0 Å². The summed E-state index contributed by atoms with van der Waals surface area (Å²) in [4.78, 5) is 11.3. The molecule has 92 valence electrons. The van der Waals surface area contributed by atoms with Gasteiger partial charge in [0, 0.05) is 23.4 Å². The van der Waals surface area contributed by atoms with Gasteiger partial charge >= 0.3 is 5.63 Å². The van der Waals surface area contributed by atoms with Crippen LogP contribution in [0.2, 0.25) is 0 Å². The molecule has 0 spiro atoms. The molecule has 1 aromatic heterocycles. The predicted molar refractivity (Wildman–Crippen MR) is 66.8 cm³/mol. The van der Waals surface area contributed by atoms with Gasteiger partial charge in [-0.25, -0.2) is 4.79 Å². The van der Waals surface area contributed by atoms with E-state index < -0.39 is 0 Å². The summed E-state index contributed by atoms with van der Waals surface area (Å²) in [5.41, 5.74) is 1.68. The van der Waals surface area contributed by atoms with Crippen LogP contribution < -0.4 is 10.4 Å². The maximum absolute atomic E-state index is 11.3. The van der Waals surface area contributed by atoms with Crippen LogP contribution in [0.1, 0.15) is 5.56 Å². The zero-order valence-electron chi connectivity index (χ0n) is 9.68. The zero-order chi connectivity index (χ0) is 12.7. The minimum absolute atomic E-state index is 0.111. The molecule has 4 heteroatoms. The quantitative estimate of drug-likeness (QED) is 0.644. The first-order valence-corrected chi connectivity index (χ1v) is 5.70. The monoisotopic (exact) mass is 244 g/mol. The molecule has 0 fully saturated rings. The van der Waals surface area contributed by atoms with E-state index in [1.54, 1.807) is 6.07 Å². The van der Waals surface area contributed by atoms with Crippen molar-refractivity contribution in [2.45, 2.75) is 12.5 Å². The van der Waals surface area contributed by atoms with E-state index in [2.05, 4.69) is 6.58 Å². The standard InChI is InChI=1S/C14H12O4/c1-8(7-15)12-6-10-11(17-12)4-2-9-3-5-13(16)18-14(9)10/h2-5,12,15H,1,6-7H2. The Morgan fingerprint density at radius 2 is 2.17 bits per heavy atom. The van der Waals surface area contributed by atoms with Gasteiger partial charge in [0.1, 0.15) is 17.4 Å². The lowest BCUT2D eigenvalue weighted by molar-refractivity contribution is 0.234. The number of rotatable bonds is 2. The van der Waals surface area contributed by atoms with E-state index in [1.165, 1.54) is 6.07 Å². The van der Waals surface area contributed by atoms with Crippen LogP contribution in [0.15, 0.2) is 45.6 Å². The highest BCUT2D eigenvalue weighted by atomic mass is 16.5. The number of aliphatic hydroxyl groups excluding tert-OH is 1. The molecule has 0 saturated heterocycles. The highest BCUT2D eigenvalue weighted by Gasteiger charge is 2.27. The van der Waals surface area contributed by atoms with E-state index in [0.717, 1.165) is 10.9 Å². The van der Waals surface area contributed by atoms with Crippen LogP contribution in [0.25, 0.3) is 11.0 Å². The number of hydrogen-bond donors (Lipinski definition) is 1. The number of aliphatic hydroxyl groups is 1. The second-order valence-corrected chi connectivity index (χ2v) is 4.34. The minimum Gasteiger partial charge on any atom is -0.485 e. The van der Waals surface area contributed by atoms with E-state index >= 15 is 0 Å². The van der Waals surface area contributed by atoms with E-state index in [1.807, 2.05) is 12.1 Å². The molecule has 2 heterocycles. The predicted octanol–water partition coefficient (Wildman–Crippen LogP) is 1.64. The SMILES string of the molecule is C=C(CO)C1Cc2c(ccc3ccc(=O)oc23)O1. The summed E-state index contributed by atoms with van der Waals surface area (Å²) in [5.74, 6) is 0.691. The Hall–Kier alpha value is -2.07. The lowest BCUT2D eigenvalue weighted by Crippen LogP contribution is -2.17. The molecule has 18 heavy (non-hydrogen) atoms. The second-order valence-electron chi connectivity index (χ2n) is 4.34. The normalized spacial score (nSPS) is 17.5. The maximum atomic E-state index is 11.3. The molecule has 3 rings (SSSR count). The third kappa shape index (κ3) is 1.62. The van der Waals surface area contributed by atoms with Crippen LogP contribution in [0.3, 0.4) is 0 Å². The van der Waals surface area contributed by atoms with E-state index in [0.29, 0.717) is 23.3 Å². The van der Waals surface area contributed by atoms with Crippen molar-refractivity contribution in [3.8, 4) is 5.75 Å². The van der Waals surface area contributed by atoms with Gasteiger partial charge in [0.05, 0.1) is 6.61 Å². The molecule has 0 bridgehead atoms. The van der Waals surface area contributed by atoms with Crippen LogP contribution >= 0.6 is 0 Å². The summed E-state index contributed by atoms with van der Waals surface area (Å²) in [6.45, 7) is 3.66. The van der Waals surface area contributed by atoms with Crippen molar-refractivity contribution in [1.82, 2.24) is 0 Å². The molecule has 1 atom stereocenters. The van der Waals surface area contributed by atoms with Crippen molar-refractivity contribution in [3.05, 3.63) is 52.4 Å². The molecule has 2 aromatic rings. The highest BCUT2D eigenvalue weighted by molar-refractivity contribution is 5.82. The van der Waals surface area contributed by atoms with Crippen LogP contribution in [-0.4, -0.2) is 17.8 Å². The fraction of sp³-hybridized carbons (Fsp3) is 0.214. The third-order valence-electron chi connectivity index (χ3n) is 3.17. The number of hydrogen-bond acceptors (Lipinski definition) is 4. The van der Waals surface area contributed by atoms with Gasteiger partial charge in [0.15, 0.2) is 0 Å². The molecule has 1 unspecified atom stereocenters. The Bertz CT molecular complexity index is 684. The first-order chi connectivity index (χ1) is 8.69. The van der Waals surface area contributed by atoms with Gasteiger partial charge < -0.3 is 14.3 Å². The van der Waals surface area contributed by atoms with Crippen LogP contribution in [-0.2, 0) is 6.42 Å². The second kappa shape index (κ2) is 3.99. The summed E-state index contributed by atoms with van der Waals surface area (Å²) in [6.07, 6.45) is 0.319. The first-order valence-electron chi connectivity index (χ1n) is 5.70. The number of ether oxygens (including phenoxy) is 1. The minimum atomic E-state index is -0.375. The molecule has 1 aliphatic rings. The Labute approximate surface area is 103 Å². The highest BCUT2D eigenvalue weighted by Crippen LogP contribution is 2.36. The van der Waals surface area contributed by atoms with Crippen molar-refractivity contribution in [2.75, 3.05) is 6.61 Å². The van der Waals surface area contributed by atoms with Crippen LogP contribution in [0.4, 0.5) is 0 Å². The van der Waals surface area contributed by atoms with Crippen molar-refractivity contribution in [3.63, 3.8) is 0 Å². The molecule has 1 N–H and O–H groups in total. The lowest BCUT2D eigenvalue weighted by atomic mass is 10.0. The Kier molecular flexibility index (Phi) is 2.45. The Morgan fingerprint density at radius 1 is 1.39 bits per heavy atom. The average Bonchev–Trinajstić information content (AvgIpc) is 2.82. The smallest absolute Gasteiger partial charge is 0.336 e. The Morgan fingerprint density at radius 3 is 2.94 bits per heavy atom. The first kappa shape index (κ1) is 11.0. The topological polar surface area (TPSA) is 59.7 Å². The van der Waals surface area contributed by atoms with Gasteiger partial charge in [-0.1, -0.05) is 6.58 Å². The van der Waals surface area contributed by atoms with Gasteiger partial charge in [-0.3, -0.25) is 0 Å². The molecule has 0 saturated carbocycles. The summed E-state index contributed by atoms with van der Waals surface area (Å²) < 4.78 is 10.9. The van der Waals surface area contributed by atoms with Gasteiger partial charge in [-0.05, 0) is 23.8 Å². The van der Waals surface area contributed by atoms with Gasteiger partial charge in [0.25, 0.3) is 0 Å². The lowest BCUT2D eigenvalue weighted by Gasteiger charge is -2.10. The number of fused-ring (bicyclic) bond motifs is 3. The Balaban J connectivity index is 2.13. The average molecular weight is 244 g/mol. The van der Waals surface area contributed by atoms with Crippen molar-refractivity contribution in [2.24, 2.45) is 0 Å². The van der Waals surface area contributed by atoms with Gasteiger partial charge in [-0.2, -0.15) is 0 Å². The largest absolute Gasteiger partial charge is 0.485 e. The van der Waals surface area contributed by atoms with Crippen LogP contribution in [0, 0.1) is 0 Å². The summed E-state index contributed by atoms with van der Waals surface area (Å²) in [5, 5.41) is 9.95. The molecule has 0 radical (unpaired) electrons. The maximum Gasteiger partial charge on any atom is 0.336 e. The van der Waals surface area contributed by atoms with Crippen LogP contribution in [0.5, 0.6) is 5.75 Å². The fourth-order valence-corrected chi connectivity index (χ4v) is 2.19. The zero-order valence-corrected chi connectivity index (χ0v) is 9.68. The molecule has 1 aromatic carbocycles. The van der Waals surface area contributed by atoms with E-state index in [-0.39, 0.29) is 18.3 Å². The van der Waals surface area contributed by atoms with Crippen molar-refractivity contribution < 1.29 is 14.3 Å². The summed E-state index contributed by atoms with van der Waals surface area (Å²) in [7, 11) is 0. The van der Waals surface area contributed by atoms with Gasteiger partial charge in [-0.15, -0.1) is 0 Å².